The summed E-state index contributed by atoms with van der Waals surface area (Å²) in [5.74, 6) is 6.92. The zero-order valence-corrected chi connectivity index (χ0v) is 11.0. The van der Waals surface area contributed by atoms with Crippen molar-refractivity contribution in [2.24, 2.45) is 5.84 Å². The fourth-order valence-corrected chi connectivity index (χ4v) is 2.14. The van der Waals surface area contributed by atoms with Crippen molar-refractivity contribution in [2.45, 2.75) is 19.4 Å². The minimum Gasteiger partial charge on any atom is -0.472 e. The van der Waals surface area contributed by atoms with Gasteiger partial charge >= 0.3 is 0 Å². The van der Waals surface area contributed by atoms with Crippen molar-refractivity contribution in [1.82, 2.24) is 15.0 Å². The van der Waals surface area contributed by atoms with Gasteiger partial charge in [-0.3, -0.25) is 5.43 Å². The van der Waals surface area contributed by atoms with Gasteiger partial charge in [-0.25, -0.2) is 5.84 Å². The van der Waals surface area contributed by atoms with E-state index in [4.69, 9.17) is 10.3 Å². The maximum atomic E-state index is 5.41. The molecule has 20 heavy (non-hydrogen) atoms. The molecule has 3 rings (SSSR count). The zero-order chi connectivity index (χ0) is 13.8. The smallest absolute Gasteiger partial charge is 0.243 e. The van der Waals surface area contributed by atoms with Crippen LogP contribution in [0.1, 0.15) is 18.4 Å². The molecule has 1 fully saturated rings. The van der Waals surface area contributed by atoms with Crippen LogP contribution in [0.2, 0.25) is 0 Å². The van der Waals surface area contributed by atoms with E-state index >= 15 is 0 Å². The highest BCUT2D eigenvalue weighted by molar-refractivity contribution is 5.44. The molecule has 0 saturated carbocycles. The molecule has 1 aliphatic rings. The van der Waals surface area contributed by atoms with Crippen LogP contribution < -0.4 is 21.5 Å². The van der Waals surface area contributed by atoms with Crippen molar-refractivity contribution >= 4 is 17.8 Å². The van der Waals surface area contributed by atoms with Gasteiger partial charge in [-0.2, -0.15) is 15.0 Å². The molecule has 1 saturated heterocycles. The SMILES string of the molecule is NNc1nc(NCc2ccoc2)nc(N2CCCC2)n1. The molecule has 2 aromatic rings. The van der Waals surface area contributed by atoms with Crippen molar-refractivity contribution in [2.75, 3.05) is 28.7 Å². The maximum Gasteiger partial charge on any atom is 0.243 e. The Morgan fingerprint density at radius 3 is 2.70 bits per heavy atom. The first-order chi connectivity index (χ1) is 9.85. The number of aromatic nitrogens is 3. The van der Waals surface area contributed by atoms with Crippen LogP contribution in [-0.2, 0) is 6.54 Å². The summed E-state index contributed by atoms with van der Waals surface area (Å²) in [6, 6.07) is 1.89. The van der Waals surface area contributed by atoms with Crippen molar-refractivity contribution in [3.05, 3.63) is 24.2 Å². The number of nitrogens with two attached hydrogens (primary N) is 1. The van der Waals surface area contributed by atoms with E-state index in [2.05, 4.69) is 30.6 Å². The Labute approximate surface area is 116 Å². The second-order valence-corrected chi connectivity index (χ2v) is 4.61. The summed E-state index contributed by atoms with van der Waals surface area (Å²) in [7, 11) is 0. The number of nitrogens with zero attached hydrogens (tertiary/aromatic N) is 4. The Morgan fingerprint density at radius 1 is 1.20 bits per heavy atom. The van der Waals surface area contributed by atoms with Crippen LogP contribution in [-0.4, -0.2) is 28.0 Å². The molecule has 0 amide bonds. The predicted octanol–water partition coefficient (Wildman–Crippen LogP) is 0.962. The highest BCUT2D eigenvalue weighted by atomic mass is 16.3. The summed E-state index contributed by atoms with van der Waals surface area (Å²) in [4.78, 5) is 15.0. The fraction of sp³-hybridized carbons (Fsp3) is 0.417. The lowest BCUT2D eigenvalue weighted by molar-refractivity contribution is 0.564. The summed E-state index contributed by atoms with van der Waals surface area (Å²) < 4.78 is 5.02. The van der Waals surface area contributed by atoms with E-state index in [0.29, 0.717) is 24.4 Å². The van der Waals surface area contributed by atoms with Crippen molar-refractivity contribution in [3.63, 3.8) is 0 Å². The molecule has 0 atom stereocenters. The van der Waals surface area contributed by atoms with E-state index in [-0.39, 0.29) is 0 Å². The van der Waals surface area contributed by atoms with Crippen LogP contribution in [0.5, 0.6) is 0 Å². The van der Waals surface area contributed by atoms with Gasteiger partial charge in [0.2, 0.25) is 17.8 Å². The molecular formula is C12H17N7O. The number of nitrogen functional groups attached to an aromatic ring is 1. The monoisotopic (exact) mass is 275 g/mol. The standard InChI is InChI=1S/C12H17N7O/c13-18-11-15-10(14-7-9-3-6-20-8-9)16-12(17-11)19-4-1-2-5-19/h3,6,8H,1-2,4-5,7,13H2,(H2,14,15,16,17,18). The van der Waals surface area contributed by atoms with Gasteiger partial charge in [0.25, 0.3) is 0 Å². The van der Waals surface area contributed by atoms with Gasteiger partial charge in [-0.15, -0.1) is 0 Å². The lowest BCUT2D eigenvalue weighted by atomic mass is 10.3. The van der Waals surface area contributed by atoms with Crippen LogP contribution in [0.4, 0.5) is 17.8 Å². The average molecular weight is 275 g/mol. The second-order valence-electron chi connectivity index (χ2n) is 4.61. The predicted molar refractivity (Wildman–Crippen MR) is 75.1 cm³/mol. The fourth-order valence-electron chi connectivity index (χ4n) is 2.14. The topological polar surface area (TPSA) is 105 Å². The summed E-state index contributed by atoms with van der Waals surface area (Å²) in [5, 5.41) is 3.14. The van der Waals surface area contributed by atoms with Gasteiger partial charge in [0.15, 0.2) is 0 Å². The molecule has 8 heteroatoms. The third-order valence-electron chi connectivity index (χ3n) is 3.17. The Kier molecular flexibility index (Phi) is 3.64. The van der Waals surface area contributed by atoms with Gasteiger partial charge in [-0.1, -0.05) is 0 Å². The summed E-state index contributed by atoms with van der Waals surface area (Å²) >= 11 is 0. The van der Waals surface area contributed by atoms with Crippen LogP contribution >= 0.6 is 0 Å². The first-order valence-electron chi connectivity index (χ1n) is 6.58. The molecule has 3 heterocycles. The molecule has 0 aliphatic carbocycles. The van der Waals surface area contributed by atoms with Crippen LogP contribution in [0.3, 0.4) is 0 Å². The Hall–Kier alpha value is -2.35. The molecule has 4 N–H and O–H groups in total. The molecule has 2 aromatic heterocycles. The highest BCUT2D eigenvalue weighted by Gasteiger charge is 2.17. The first kappa shape index (κ1) is 12.7. The molecule has 106 valence electrons. The lowest BCUT2D eigenvalue weighted by Crippen LogP contribution is -2.23. The minimum atomic E-state index is 0.358. The van der Waals surface area contributed by atoms with Crippen LogP contribution in [0, 0.1) is 0 Å². The summed E-state index contributed by atoms with van der Waals surface area (Å²) in [6.45, 7) is 2.52. The van der Waals surface area contributed by atoms with E-state index < -0.39 is 0 Å². The maximum absolute atomic E-state index is 5.41. The highest BCUT2D eigenvalue weighted by Crippen LogP contribution is 2.18. The average Bonchev–Trinajstić information content (AvgIpc) is 3.17. The van der Waals surface area contributed by atoms with Gasteiger partial charge in [0.1, 0.15) is 0 Å². The number of rotatable bonds is 5. The molecule has 0 unspecified atom stereocenters. The van der Waals surface area contributed by atoms with Gasteiger partial charge in [-0.05, 0) is 18.9 Å². The zero-order valence-electron chi connectivity index (χ0n) is 11.0. The molecule has 0 radical (unpaired) electrons. The normalized spacial score (nSPS) is 14.6. The van der Waals surface area contributed by atoms with Gasteiger partial charge < -0.3 is 14.6 Å². The third-order valence-corrected chi connectivity index (χ3v) is 3.17. The number of furan rings is 1. The Bertz CT molecular complexity index is 551. The molecule has 0 bridgehead atoms. The van der Waals surface area contributed by atoms with Crippen LogP contribution in [0.15, 0.2) is 23.0 Å². The number of hydrogen-bond acceptors (Lipinski definition) is 8. The van der Waals surface area contributed by atoms with Crippen LogP contribution in [0.25, 0.3) is 0 Å². The van der Waals surface area contributed by atoms with Gasteiger partial charge in [0.05, 0.1) is 12.5 Å². The van der Waals surface area contributed by atoms with E-state index in [1.807, 2.05) is 6.07 Å². The molecule has 0 spiro atoms. The molecule has 8 nitrogen and oxygen atoms in total. The number of anilines is 3. The number of hydrogen-bond donors (Lipinski definition) is 3. The Balaban J connectivity index is 1.76. The third kappa shape index (κ3) is 2.80. The quantitative estimate of drug-likeness (QED) is 0.547. The summed E-state index contributed by atoms with van der Waals surface area (Å²) in [5.41, 5.74) is 3.50. The number of hydrazine groups is 1. The van der Waals surface area contributed by atoms with E-state index in [9.17, 15) is 0 Å². The molecule has 1 aliphatic heterocycles. The molecular weight excluding hydrogens is 258 g/mol. The van der Waals surface area contributed by atoms with Crippen molar-refractivity contribution in [3.8, 4) is 0 Å². The summed E-state index contributed by atoms with van der Waals surface area (Å²) in [6.07, 6.45) is 5.63. The van der Waals surface area contributed by atoms with Gasteiger partial charge in [0, 0.05) is 25.2 Å². The van der Waals surface area contributed by atoms with E-state index in [1.54, 1.807) is 12.5 Å². The van der Waals surface area contributed by atoms with Crippen molar-refractivity contribution in [1.29, 1.82) is 0 Å². The van der Waals surface area contributed by atoms with Crippen molar-refractivity contribution < 1.29 is 4.42 Å². The minimum absolute atomic E-state index is 0.358. The largest absolute Gasteiger partial charge is 0.472 e. The van der Waals surface area contributed by atoms with E-state index in [1.165, 1.54) is 0 Å². The van der Waals surface area contributed by atoms with E-state index in [0.717, 1.165) is 31.5 Å². The number of nitrogens with one attached hydrogen (secondary N) is 2. The molecule has 0 aromatic carbocycles. The Morgan fingerprint density at radius 2 is 2.00 bits per heavy atom. The first-order valence-corrected chi connectivity index (χ1v) is 6.58. The lowest BCUT2D eigenvalue weighted by Gasteiger charge is -2.16. The second kappa shape index (κ2) is 5.74.